The number of aromatic hydroxyl groups is 1. The summed E-state index contributed by atoms with van der Waals surface area (Å²) in [5, 5.41) is 12.0. The van der Waals surface area contributed by atoms with Crippen molar-refractivity contribution < 1.29 is 13.9 Å². The monoisotopic (exact) mass is 464 g/mol. The second kappa shape index (κ2) is 9.87. The van der Waals surface area contributed by atoms with E-state index >= 15 is 8.78 Å². The molecule has 5 nitrogen and oxygen atoms in total. The number of anilines is 1. The van der Waals surface area contributed by atoms with E-state index in [9.17, 15) is 5.11 Å². The Kier molecular flexibility index (Phi) is 6.91. The molecule has 0 radical (unpaired) electrons. The van der Waals surface area contributed by atoms with Gasteiger partial charge in [-0.1, -0.05) is 45.4 Å². The lowest BCUT2D eigenvalue weighted by Crippen LogP contribution is -2.26. The van der Waals surface area contributed by atoms with Crippen LogP contribution in [-0.2, 0) is 12.8 Å². The van der Waals surface area contributed by atoms with Crippen LogP contribution in [0, 0.1) is 11.6 Å². The lowest BCUT2D eigenvalue weighted by atomic mass is 9.94. The Hall–Kier alpha value is -3.35. The predicted octanol–water partition coefficient (Wildman–Crippen LogP) is 6.58. The first-order valence-corrected chi connectivity index (χ1v) is 12.0. The molecule has 0 aliphatic rings. The first kappa shape index (κ1) is 23.8. The van der Waals surface area contributed by atoms with Crippen molar-refractivity contribution in [2.24, 2.45) is 0 Å². The summed E-state index contributed by atoms with van der Waals surface area (Å²) in [5.74, 6) is -0.969. The van der Waals surface area contributed by atoms with Crippen LogP contribution in [0.15, 0.2) is 30.5 Å². The quantitative estimate of drug-likeness (QED) is 0.319. The molecule has 0 fully saturated rings. The van der Waals surface area contributed by atoms with Crippen molar-refractivity contribution >= 4 is 27.5 Å². The number of aromatic nitrogens is 3. The number of phenols is 1. The molecule has 0 aliphatic heterocycles. The molecule has 2 aromatic heterocycles. The number of aryl methyl sites for hydroxylation is 2. The van der Waals surface area contributed by atoms with Crippen molar-refractivity contribution in [2.75, 3.05) is 18.0 Å². The van der Waals surface area contributed by atoms with Crippen molar-refractivity contribution in [1.29, 1.82) is 0 Å². The maximum Gasteiger partial charge on any atom is 0.175 e. The molecule has 0 spiro atoms. The SMILES string of the molecule is CCCCN(CC)c1nc(CC)nc2c(F)c(-c3c(F)c(O)cc4cccc(CC)c34)ncc12. The van der Waals surface area contributed by atoms with Gasteiger partial charge in [0.15, 0.2) is 17.4 Å². The van der Waals surface area contributed by atoms with Crippen LogP contribution >= 0.6 is 0 Å². The number of unbranched alkanes of at least 4 members (excludes halogenated alkanes) is 1. The molecular formula is C27H30F2N4O. The van der Waals surface area contributed by atoms with Gasteiger partial charge < -0.3 is 10.0 Å². The lowest BCUT2D eigenvalue weighted by molar-refractivity contribution is 0.434. The average Bonchev–Trinajstić information content (AvgIpc) is 2.85. The van der Waals surface area contributed by atoms with Gasteiger partial charge in [0.1, 0.15) is 22.9 Å². The van der Waals surface area contributed by atoms with Crippen molar-refractivity contribution in [2.45, 2.75) is 53.4 Å². The smallest absolute Gasteiger partial charge is 0.175 e. The van der Waals surface area contributed by atoms with Gasteiger partial charge in [0, 0.05) is 25.7 Å². The van der Waals surface area contributed by atoms with E-state index in [-0.39, 0.29) is 16.8 Å². The maximum absolute atomic E-state index is 16.1. The Balaban J connectivity index is 2.04. The highest BCUT2D eigenvalue weighted by atomic mass is 19.1. The minimum absolute atomic E-state index is 0.0385. The van der Waals surface area contributed by atoms with E-state index in [0.29, 0.717) is 47.2 Å². The van der Waals surface area contributed by atoms with Gasteiger partial charge in [0.2, 0.25) is 0 Å². The number of pyridine rings is 1. The summed E-state index contributed by atoms with van der Waals surface area (Å²) in [4.78, 5) is 15.7. The zero-order valence-corrected chi connectivity index (χ0v) is 20.1. The van der Waals surface area contributed by atoms with Gasteiger partial charge >= 0.3 is 0 Å². The van der Waals surface area contributed by atoms with Gasteiger partial charge in [0.25, 0.3) is 0 Å². The van der Waals surface area contributed by atoms with E-state index in [4.69, 9.17) is 4.98 Å². The van der Waals surface area contributed by atoms with E-state index in [2.05, 4.69) is 21.8 Å². The normalized spacial score (nSPS) is 11.5. The third-order valence-electron chi connectivity index (χ3n) is 6.28. The summed E-state index contributed by atoms with van der Waals surface area (Å²) in [6.07, 6.45) is 4.70. The number of rotatable bonds is 8. The highest BCUT2D eigenvalue weighted by Crippen LogP contribution is 2.40. The second-order valence-electron chi connectivity index (χ2n) is 8.39. The van der Waals surface area contributed by atoms with E-state index in [1.807, 2.05) is 32.9 Å². The van der Waals surface area contributed by atoms with E-state index in [0.717, 1.165) is 24.9 Å². The van der Waals surface area contributed by atoms with Crippen LogP contribution in [0.1, 0.15) is 51.9 Å². The molecule has 2 heterocycles. The zero-order chi connectivity index (χ0) is 24.4. The molecule has 0 amide bonds. The number of benzene rings is 2. The van der Waals surface area contributed by atoms with Gasteiger partial charge in [-0.05, 0) is 42.2 Å². The Morgan fingerprint density at radius 3 is 2.47 bits per heavy atom. The Labute approximate surface area is 198 Å². The van der Waals surface area contributed by atoms with Crippen LogP contribution < -0.4 is 4.90 Å². The standard InChI is InChI=1S/C27H30F2N4O/c1-5-9-13-33(8-4)27-18-15-30-26(24(29)25(18)31-20(7-3)32-27)22-21-16(6-2)11-10-12-17(21)14-19(34)23(22)28/h10-12,14-15,34H,5-9,13H2,1-4H3. The van der Waals surface area contributed by atoms with Gasteiger partial charge in [-0.3, -0.25) is 4.98 Å². The van der Waals surface area contributed by atoms with E-state index in [1.54, 1.807) is 6.07 Å². The molecule has 0 bridgehead atoms. The van der Waals surface area contributed by atoms with Crippen molar-refractivity contribution in [1.82, 2.24) is 15.0 Å². The van der Waals surface area contributed by atoms with Crippen LogP contribution in [-0.4, -0.2) is 33.1 Å². The topological polar surface area (TPSA) is 62.1 Å². The molecule has 178 valence electrons. The third-order valence-corrected chi connectivity index (χ3v) is 6.28. The molecule has 0 aliphatic carbocycles. The Morgan fingerprint density at radius 2 is 1.79 bits per heavy atom. The predicted molar refractivity (Wildman–Crippen MR) is 133 cm³/mol. The second-order valence-corrected chi connectivity index (χ2v) is 8.39. The van der Waals surface area contributed by atoms with Gasteiger partial charge in [-0.15, -0.1) is 0 Å². The fraction of sp³-hybridized carbons (Fsp3) is 0.370. The van der Waals surface area contributed by atoms with Crippen LogP contribution in [0.4, 0.5) is 14.6 Å². The molecule has 0 saturated heterocycles. The summed E-state index contributed by atoms with van der Waals surface area (Å²) < 4.78 is 31.5. The molecule has 0 atom stereocenters. The van der Waals surface area contributed by atoms with Crippen molar-refractivity contribution in [3.63, 3.8) is 0 Å². The molecule has 1 N–H and O–H groups in total. The molecule has 2 aromatic carbocycles. The molecule has 7 heteroatoms. The molecule has 4 rings (SSSR count). The lowest BCUT2D eigenvalue weighted by Gasteiger charge is -2.24. The average molecular weight is 465 g/mol. The number of hydrogen-bond acceptors (Lipinski definition) is 5. The highest BCUT2D eigenvalue weighted by molar-refractivity contribution is 6.02. The number of halogens is 2. The minimum Gasteiger partial charge on any atom is -0.505 e. The minimum atomic E-state index is -0.887. The molecule has 34 heavy (non-hydrogen) atoms. The first-order valence-electron chi connectivity index (χ1n) is 12.0. The third kappa shape index (κ3) is 4.04. The molecule has 4 aromatic rings. The summed E-state index contributed by atoms with van der Waals surface area (Å²) in [7, 11) is 0. The summed E-state index contributed by atoms with van der Waals surface area (Å²) in [6, 6.07) is 6.87. The van der Waals surface area contributed by atoms with Gasteiger partial charge in [-0.2, -0.15) is 0 Å². The Bertz CT molecular complexity index is 1360. The van der Waals surface area contributed by atoms with Crippen molar-refractivity contribution in [3.05, 3.63) is 53.5 Å². The molecular weight excluding hydrogens is 434 g/mol. The van der Waals surface area contributed by atoms with Crippen LogP contribution in [0.3, 0.4) is 0 Å². The molecule has 0 saturated carbocycles. The number of phenolic OH excluding ortho intramolecular Hbond substituents is 1. The van der Waals surface area contributed by atoms with Crippen molar-refractivity contribution in [3.8, 4) is 17.0 Å². The maximum atomic E-state index is 16.1. The largest absolute Gasteiger partial charge is 0.505 e. The molecule has 0 unspecified atom stereocenters. The van der Waals surface area contributed by atoms with E-state index < -0.39 is 17.4 Å². The fourth-order valence-corrected chi connectivity index (χ4v) is 4.43. The summed E-state index contributed by atoms with van der Waals surface area (Å²) >= 11 is 0. The number of fused-ring (bicyclic) bond motifs is 2. The Morgan fingerprint density at radius 1 is 1.00 bits per heavy atom. The first-order chi connectivity index (χ1) is 16.4. The van der Waals surface area contributed by atoms with Gasteiger partial charge in [0.05, 0.1) is 10.9 Å². The zero-order valence-electron chi connectivity index (χ0n) is 20.1. The number of hydrogen-bond donors (Lipinski definition) is 1. The highest BCUT2D eigenvalue weighted by Gasteiger charge is 2.24. The summed E-state index contributed by atoms with van der Waals surface area (Å²) in [5.41, 5.74) is 0.771. The van der Waals surface area contributed by atoms with Crippen LogP contribution in [0.5, 0.6) is 5.75 Å². The van der Waals surface area contributed by atoms with Crippen LogP contribution in [0.25, 0.3) is 32.9 Å². The van der Waals surface area contributed by atoms with Gasteiger partial charge in [-0.25, -0.2) is 18.7 Å². The van der Waals surface area contributed by atoms with Crippen LogP contribution in [0.2, 0.25) is 0 Å². The fourth-order valence-electron chi connectivity index (χ4n) is 4.43. The number of nitrogens with zero attached hydrogens (tertiary/aromatic N) is 4. The van der Waals surface area contributed by atoms with E-state index in [1.165, 1.54) is 12.3 Å². The summed E-state index contributed by atoms with van der Waals surface area (Å²) in [6.45, 7) is 9.53.